The minimum absolute atomic E-state index is 0.0697. The molecule has 0 unspecified atom stereocenters. The van der Waals surface area contributed by atoms with Crippen molar-refractivity contribution in [3.8, 4) is 23.0 Å². The van der Waals surface area contributed by atoms with E-state index >= 15 is 0 Å². The molecule has 0 bridgehead atoms. The molecule has 4 aromatic rings. The molecule has 0 radical (unpaired) electrons. The number of aromatic nitrogens is 1. The zero-order chi connectivity index (χ0) is 32.4. The molecule has 3 amide bonds. The molecule has 0 aliphatic heterocycles. The fourth-order valence-corrected chi connectivity index (χ4v) is 4.54. The van der Waals surface area contributed by atoms with E-state index in [0.29, 0.717) is 52.6 Å². The summed E-state index contributed by atoms with van der Waals surface area (Å²) in [6.07, 6.45) is 0.332. The molecule has 4 rings (SSSR count). The number of nitrogens with one attached hydrogen (secondary N) is 3. The van der Waals surface area contributed by atoms with E-state index in [0.717, 1.165) is 31.4 Å². The van der Waals surface area contributed by atoms with Gasteiger partial charge in [-0.05, 0) is 67.4 Å². The highest BCUT2D eigenvalue weighted by molar-refractivity contribution is 6.31. The minimum atomic E-state index is -4.66. The number of amides is 3. The van der Waals surface area contributed by atoms with Crippen molar-refractivity contribution in [3.05, 3.63) is 77.4 Å². The van der Waals surface area contributed by atoms with Gasteiger partial charge in [-0.3, -0.25) is 15.0 Å². The fraction of sp³-hybridized carbons (Fsp3) is 0.258. The molecule has 14 heteroatoms. The topological polar surface area (TPSA) is 131 Å². The third kappa shape index (κ3) is 9.37. The Bertz CT molecular complexity index is 1640. The smallest absolute Gasteiger partial charge is 0.417 e. The van der Waals surface area contributed by atoms with Crippen LogP contribution in [0.5, 0.6) is 23.0 Å². The quantitative estimate of drug-likeness (QED) is 0.0654. The van der Waals surface area contributed by atoms with Gasteiger partial charge in [0, 0.05) is 35.4 Å². The van der Waals surface area contributed by atoms with Crippen LogP contribution in [0.25, 0.3) is 10.9 Å². The summed E-state index contributed by atoms with van der Waals surface area (Å²) < 4.78 is 56.9. The Kier molecular flexibility index (Phi) is 11.3. The summed E-state index contributed by atoms with van der Waals surface area (Å²) in [5.41, 5.74) is 1.49. The Balaban J connectivity index is 1.35. The molecule has 3 aromatic carbocycles. The highest BCUT2D eigenvalue weighted by atomic mass is 35.5. The van der Waals surface area contributed by atoms with Gasteiger partial charge < -0.3 is 24.8 Å². The lowest BCUT2D eigenvalue weighted by molar-refractivity contribution is -0.137. The van der Waals surface area contributed by atoms with Crippen molar-refractivity contribution >= 4 is 45.8 Å². The molecule has 0 saturated carbocycles. The van der Waals surface area contributed by atoms with Gasteiger partial charge in [-0.1, -0.05) is 24.4 Å². The molecular formula is C31H30ClF3N4O6. The van der Waals surface area contributed by atoms with Crippen molar-refractivity contribution in [2.24, 2.45) is 0 Å². The number of benzene rings is 3. The molecule has 0 aliphatic carbocycles. The molecule has 0 fully saturated rings. The van der Waals surface area contributed by atoms with Crippen molar-refractivity contribution in [2.75, 3.05) is 24.4 Å². The standard InChI is InChI=1S/C31H30ClF3N4O6/c1-43-27-17-22-25(18-28(27)44-15-5-3-2-4-6-29(40)39-42)36-14-13-26(22)45-21-10-7-19(8-11-21)37-30(41)38-20-9-12-24(32)23(16-20)31(33,34)35/h7-14,16-18,42H,2-6,15H2,1H3,(H,39,40)(H2,37,38,41). The number of hydroxylamine groups is 1. The molecule has 10 nitrogen and oxygen atoms in total. The first-order valence-corrected chi connectivity index (χ1v) is 14.2. The largest absolute Gasteiger partial charge is 0.493 e. The molecule has 4 N–H and O–H groups in total. The zero-order valence-corrected chi connectivity index (χ0v) is 24.8. The Morgan fingerprint density at radius 2 is 1.60 bits per heavy atom. The van der Waals surface area contributed by atoms with Crippen LogP contribution in [0.15, 0.2) is 66.9 Å². The Labute approximate surface area is 261 Å². The predicted molar refractivity (Wildman–Crippen MR) is 162 cm³/mol. The lowest BCUT2D eigenvalue weighted by Gasteiger charge is -2.14. The van der Waals surface area contributed by atoms with Crippen molar-refractivity contribution in [1.82, 2.24) is 10.5 Å². The maximum atomic E-state index is 13.1. The van der Waals surface area contributed by atoms with Gasteiger partial charge in [0.05, 0.1) is 29.8 Å². The van der Waals surface area contributed by atoms with Gasteiger partial charge in [0.1, 0.15) is 11.5 Å². The highest BCUT2D eigenvalue weighted by Gasteiger charge is 2.33. The number of fused-ring (bicyclic) bond motifs is 1. The van der Waals surface area contributed by atoms with E-state index in [-0.39, 0.29) is 12.1 Å². The van der Waals surface area contributed by atoms with Crippen molar-refractivity contribution in [3.63, 3.8) is 0 Å². The van der Waals surface area contributed by atoms with Gasteiger partial charge in [0.2, 0.25) is 5.91 Å². The van der Waals surface area contributed by atoms with Crippen LogP contribution in [0, 0.1) is 0 Å². The number of hydrogen-bond donors (Lipinski definition) is 4. The van der Waals surface area contributed by atoms with Gasteiger partial charge >= 0.3 is 12.2 Å². The van der Waals surface area contributed by atoms with Crippen LogP contribution in [-0.4, -0.2) is 35.8 Å². The number of rotatable bonds is 13. The molecule has 0 spiro atoms. The van der Waals surface area contributed by atoms with Crippen LogP contribution in [0.1, 0.15) is 37.7 Å². The minimum Gasteiger partial charge on any atom is -0.493 e. The SMILES string of the molecule is COc1cc2c(Oc3ccc(NC(=O)Nc4ccc(Cl)c(C(F)(F)F)c4)cc3)ccnc2cc1OCCCCCCC(=O)NO. The van der Waals surface area contributed by atoms with Gasteiger partial charge in [-0.25, -0.2) is 10.3 Å². The summed E-state index contributed by atoms with van der Waals surface area (Å²) in [6.45, 7) is 0.441. The number of halogens is 4. The number of urea groups is 1. The monoisotopic (exact) mass is 646 g/mol. The van der Waals surface area contributed by atoms with Crippen LogP contribution in [0.3, 0.4) is 0 Å². The normalized spacial score (nSPS) is 11.2. The van der Waals surface area contributed by atoms with E-state index in [9.17, 15) is 22.8 Å². The summed E-state index contributed by atoms with van der Waals surface area (Å²) in [7, 11) is 1.53. The number of methoxy groups -OCH3 is 1. The second-order valence-electron chi connectivity index (χ2n) is 9.77. The van der Waals surface area contributed by atoms with E-state index in [4.69, 9.17) is 31.0 Å². The Morgan fingerprint density at radius 1 is 0.889 bits per heavy atom. The molecule has 0 saturated heterocycles. The van der Waals surface area contributed by atoms with Crippen LogP contribution in [-0.2, 0) is 11.0 Å². The zero-order valence-electron chi connectivity index (χ0n) is 24.0. The lowest BCUT2D eigenvalue weighted by atomic mass is 10.1. The molecular weight excluding hydrogens is 617 g/mol. The molecule has 1 heterocycles. The van der Waals surface area contributed by atoms with Crippen molar-refractivity contribution in [1.29, 1.82) is 0 Å². The van der Waals surface area contributed by atoms with E-state index in [1.54, 1.807) is 54.1 Å². The number of ether oxygens (including phenoxy) is 3. The molecule has 0 aliphatic rings. The van der Waals surface area contributed by atoms with Crippen LogP contribution < -0.4 is 30.3 Å². The molecule has 45 heavy (non-hydrogen) atoms. The number of unbranched alkanes of at least 4 members (excludes halogenated alkanes) is 3. The maximum Gasteiger partial charge on any atom is 0.417 e. The third-order valence-electron chi connectivity index (χ3n) is 6.54. The number of hydrogen-bond acceptors (Lipinski definition) is 7. The van der Waals surface area contributed by atoms with E-state index in [1.165, 1.54) is 13.2 Å². The van der Waals surface area contributed by atoms with Crippen LogP contribution >= 0.6 is 11.6 Å². The number of alkyl halides is 3. The lowest BCUT2D eigenvalue weighted by Crippen LogP contribution is -2.19. The molecule has 0 atom stereocenters. The van der Waals surface area contributed by atoms with Gasteiger partial charge in [-0.15, -0.1) is 0 Å². The van der Waals surface area contributed by atoms with Crippen LogP contribution in [0.2, 0.25) is 5.02 Å². The Morgan fingerprint density at radius 3 is 2.31 bits per heavy atom. The van der Waals surface area contributed by atoms with Crippen molar-refractivity contribution in [2.45, 2.75) is 38.3 Å². The van der Waals surface area contributed by atoms with E-state index in [2.05, 4.69) is 15.6 Å². The first-order chi connectivity index (χ1) is 21.6. The average molecular weight is 647 g/mol. The number of carbonyl (C=O) groups is 2. The highest BCUT2D eigenvalue weighted by Crippen LogP contribution is 2.38. The van der Waals surface area contributed by atoms with Crippen molar-refractivity contribution < 1.29 is 42.2 Å². The summed E-state index contributed by atoms with van der Waals surface area (Å²) in [5.74, 6) is 1.57. The van der Waals surface area contributed by atoms with E-state index < -0.39 is 28.7 Å². The average Bonchev–Trinajstić information content (AvgIpc) is 3.01. The van der Waals surface area contributed by atoms with E-state index in [1.807, 2.05) is 0 Å². The number of anilines is 2. The van der Waals surface area contributed by atoms with Gasteiger partial charge in [0.15, 0.2) is 11.5 Å². The second kappa shape index (κ2) is 15.3. The van der Waals surface area contributed by atoms with Gasteiger partial charge in [-0.2, -0.15) is 13.2 Å². The Hall–Kier alpha value is -4.75. The predicted octanol–water partition coefficient (Wildman–Crippen LogP) is 8.19. The third-order valence-corrected chi connectivity index (χ3v) is 6.87. The number of nitrogens with zero attached hydrogens (tertiary/aromatic N) is 1. The maximum absolute atomic E-state index is 13.1. The fourth-order valence-electron chi connectivity index (χ4n) is 4.32. The second-order valence-corrected chi connectivity index (χ2v) is 10.2. The number of carbonyl (C=O) groups excluding carboxylic acids is 2. The van der Waals surface area contributed by atoms with Gasteiger partial charge in [0.25, 0.3) is 0 Å². The summed E-state index contributed by atoms with van der Waals surface area (Å²) in [5, 5.41) is 13.7. The van der Waals surface area contributed by atoms with Crippen LogP contribution in [0.4, 0.5) is 29.3 Å². The number of pyridine rings is 1. The first kappa shape index (κ1) is 33.1. The summed E-state index contributed by atoms with van der Waals surface area (Å²) >= 11 is 5.63. The molecule has 1 aromatic heterocycles. The summed E-state index contributed by atoms with van der Waals surface area (Å²) in [6, 6.07) is 14.0. The first-order valence-electron chi connectivity index (χ1n) is 13.8. The summed E-state index contributed by atoms with van der Waals surface area (Å²) in [4.78, 5) is 27.9. The molecule has 238 valence electrons.